The van der Waals surface area contributed by atoms with Gasteiger partial charge >= 0.3 is 5.69 Å². The van der Waals surface area contributed by atoms with Crippen LogP contribution in [0, 0.1) is 0 Å². The zero-order valence-electron chi connectivity index (χ0n) is 11.7. The van der Waals surface area contributed by atoms with Crippen molar-refractivity contribution in [1.29, 1.82) is 0 Å². The maximum Gasteiger partial charge on any atom is 0.330 e. The van der Waals surface area contributed by atoms with Gasteiger partial charge in [0.2, 0.25) is 0 Å². The van der Waals surface area contributed by atoms with Crippen LogP contribution in [0.5, 0.6) is 0 Å². The summed E-state index contributed by atoms with van der Waals surface area (Å²) < 4.78 is 8.11. The molecule has 0 aliphatic heterocycles. The topological polar surface area (TPSA) is 65.3 Å². The molecule has 19 heavy (non-hydrogen) atoms. The zero-order valence-corrected chi connectivity index (χ0v) is 11.7. The Bertz CT molecular complexity index is 555. The van der Waals surface area contributed by atoms with Crippen LogP contribution in [0.15, 0.2) is 15.7 Å². The Balaban J connectivity index is 1.95. The molecule has 0 aromatic carbocycles. The van der Waals surface area contributed by atoms with E-state index < -0.39 is 0 Å². The van der Waals surface area contributed by atoms with E-state index in [-0.39, 0.29) is 11.2 Å². The minimum absolute atomic E-state index is 0.263. The smallest absolute Gasteiger partial charge is 0.330 e. The summed E-state index contributed by atoms with van der Waals surface area (Å²) in [5.74, 6) is 0. The fourth-order valence-electron chi connectivity index (χ4n) is 2.30. The van der Waals surface area contributed by atoms with Crippen LogP contribution in [0.1, 0.15) is 25.5 Å². The first-order valence-corrected chi connectivity index (χ1v) is 6.63. The first-order chi connectivity index (χ1) is 9.02. The number of nitrogens with one attached hydrogen (secondary N) is 1. The molecule has 1 heterocycles. The molecular formula is C13H21N3O3. The predicted molar refractivity (Wildman–Crippen MR) is 72.2 cm³/mol. The molecule has 1 fully saturated rings. The van der Waals surface area contributed by atoms with Gasteiger partial charge in [-0.1, -0.05) is 0 Å². The Labute approximate surface area is 112 Å². The summed E-state index contributed by atoms with van der Waals surface area (Å²) in [4.78, 5) is 23.3. The predicted octanol–water partition coefficient (Wildman–Crippen LogP) is -0.259. The summed E-state index contributed by atoms with van der Waals surface area (Å²) in [6.45, 7) is 3.28. The number of ether oxygens (including phenoxy) is 1. The third-order valence-corrected chi connectivity index (χ3v) is 3.69. The van der Waals surface area contributed by atoms with Gasteiger partial charge in [-0.05, 0) is 19.8 Å². The van der Waals surface area contributed by atoms with Crippen molar-refractivity contribution in [2.45, 2.75) is 38.5 Å². The molecule has 106 valence electrons. The molecule has 1 N–H and O–H groups in total. The molecule has 0 amide bonds. The fraction of sp³-hybridized carbons (Fsp3) is 0.692. The van der Waals surface area contributed by atoms with Crippen LogP contribution in [0.25, 0.3) is 0 Å². The van der Waals surface area contributed by atoms with Gasteiger partial charge in [0.25, 0.3) is 5.56 Å². The van der Waals surface area contributed by atoms with Gasteiger partial charge < -0.3 is 10.1 Å². The number of hydrogen-bond donors (Lipinski definition) is 1. The van der Waals surface area contributed by atoms with Crippen molar-refractivity contribution in [2.24, 2.45) is 14.1 Å². The van der Waals surface area contributed by atoms with E-state index >= 15 is 0 Å². The van der Waals surface area contributed by atoms with Crippen molar-refractivity contribution >= 4 is 0 Å². The van der Waals surface area contributed by atoms with Gasteiger partial charge in [-0.25, -0.2) is 4.79 Å². The van der Waals surface area contributed by atoms with Crippen LogP contribution in [-0.2, 0) is 25.4 Å². The van der Waals surface area contributed by atoms with Crippen molar-refractivity contribution in [3.63, 3.8) is 0 Å². The molecule has 1 aromatic heterocycles. The van der Waals surface area contributed by atoms with Crippen LogP contribution in [0.4, 0.5) is 0 Å². The summed E-state index contributed by atoms with van der Waals surface area (Å²) in [6, 6.07) is 1.92. The minimum atomic E-state index is -0.287. The number of aromatic nitrogens is 2. The van der Waals surface area contributed by atoms with Crippen LogP contribution < -0.4 is 16.6 Å². The Morgan fingerprint density at radius 3 is 2.63 bits per heavy atom. The molecular weight excluding hydrogens is 246 g/mol. The maximum atomic E-state index is 11.8. The monoisotopic (exact) mass is 267 g/mol. The van der Waals surface area contributed by atoms with E-state index in [9.17, 15) is 9.59 Å². The lowest BCUT2D eigenvalue weighted by molar-refractivity contribution is -0.0103. The third kappa shape index (κ3) is 2.96. The Hall–Kier alpha value is -1.40. The molecule has 0 bridgehead atoms. The van der Waals surface area contributed by atoms with Crippen molar-refractivity contribution < 1.29 is 4.74 Å². The standard InChI is InChI=1S/C13H21N3O3/c1-4-19-11-5-9(6-11)14-8-10-7-12(17)16(3)13(18)15(10)2/h7,9,11,14H,4-6,8H2,1-3H3. The highest BCUT2D eigenvalue weighted by Gasteiger charge is 2.29. The van der Waals surface area contributed by atoms with E-state index in [1.54, 1.807) is 7.05 Å². The van der Waals surface area contributed by atoms with E-state index in [1.807, 2.05) is 6.92 Å². The normalized spacial score (nSPS) is 22.3. The number of rotatable bonds is 5. The van der Waals surface area contributed by atoms with Crippen molar-refractivity contribution in [1.82, 2.24) is 14.5 Å². The van der Waals surface area contributed by atoms with Crippen LogP contribution in [-0.4, -0.2) is 27.9 Å². The lowest BCUT2D eigenvalue weighted by Crippen LogP contribution is -2.46. The second-order valence-corrected chi connectivity index (χ2v) is 5.00. The van der Waals surface area contributed by atoms with Gasteiger partial charge in [-0.15, -0.1) is 0 Å². The average molecular weight is 267 g/mol. The second-order valence-electron chi connectivity index (χ2n) is 5.00. The van der Waals surface area contributed by atoms with E-state index in [4.69, 9.17) is 4.74 Å². The zero-order chi connectivity index (χ0) is 14.0. The second kappa shape index (κ2) is 5.71. The van der Waals surface area contributed by atoms with Gasteiger partial charge in [0.05, 0.1) is 6.10 Å². The van der Waals surface area contributed by atoms with Crippen LogP contribution >= 0.6 is 0 Å². The quantitative estimate of drug-likeness (QED) is 0.798. The van der Waals surface area contributed by atoms with Crippen molar-refractivity contribution in [3.8, 4) is 0 Å². The Kier molecular flexibility index (Phi) is 4.21. The molecule has 0 radical (unpaired) electrons. The number of hydrogen-bond acceptors (Lipinski definition) is 4. The highest BCUT2D eigenvalue weighted by molar-refractivity contribution is 5.02. The molecule has 1 aromatic rings. The number of nitrogens with zero attached hydrogens (tertiary/aromatic N) is 2. The average Bonchev–Trinajstić information content (AvgIpc) is 2.35. The molecule has 1 aliphatic carbocycles. The molecule has 2 rings (SSSR count). The van der Waals surface area contributed by atoms with Gasteiger partial charge in [0.15, 0.2) is 0 Å². The van der Waals surface area contributed by atoms with Crippen LogP contribution in [0.3, 0.4) is 0 Å². The summed E-state index contributed by atoms with van der Waals surface area (Å²) in [5, 5.41) is 3.35. The largest absolute Gasteiger partial charge is 0.378 e. The highest BCUT2D eigenvalue weighted by Crippen LogP contribution is 2.23. The Morgan fingerprint density at radius 1 is 1.32 bits per heavy atom. The molecule has 0 atom stereocenters. The lowest BCUT2D eigenvalue weighted by Gasteiger charge is -2.35. The summed E-state index contributed by atoms with van der Waals surface area (Å²) >= 11 is 0. The van der Waals surface area contributed by atoms with Gasteiger partial charge in [0, 0.05) is 45.0 Å². The SMILES string of the molecule is CCOC1CC(NCc2cc(=O)n(C)c(=O)n2C)C1. The summed E-state index contributed by atoms with van der Waals surface area (Å²) in [7, 11) is 3.17. The summed E-state index contributed by atoms with van der Waals surface area (Å²) in [6.07, 6.45) is 2.34. The van der Waals surface area contributed by atoms with E-state index in [0.29, 0.717) is 24.4 Å². The molecule has 0 unspecified atom stereocenters. The minimum Gasteiger partial charge on any atom is -0.378 e. The van der Waals surface area contributed by atoms with Gasteiger partial charge in [-0.2, -0.15) is 0 Å². The fourth-order valence-corrected chi connectivity index (χ4v) is 2.30. The van der Waals surface area contributed by atoms with Crippen LogP contribution in [0.2, 0.25) is 0 Å². The maximum absolute atomic E-state index is 11.8. The molecule has 6 heteroatoms. The molecule has 0 spiro atoms. The molecule has 6 nitrogen and oxygen atoms in total. The first kappa shape index (κ1) is 14.0. The molecule has 1 aliphatic rings. The van der Waals surface area contributed by atoms with E-state index in [0.717, 1.165) is 24.0 Å². The van der Waals surface area contributed by atoms with E-state index in [1.165, 1.54) is 17.7 Å². The molecule has 0 saturated heterocycles. The third-order valence-electron chi connectivity index (χ3n) is 3.69. The first-order valence-electron chi connectivity index (χ1n) is 6.63. The van der Waals surface area contributed by atoms with Gasteiger partial charge in [0.1, 0.15) is 0 Å². The van der Waals surface area contributed by atoms with Crippen molar-refractivity contribution in [2.75, 3.05) is 6.61 Å². The lowest BCUT2D eigenvalue weighted by atomic mass is 9.89. The molecule has 1 saturated carbocycles. The van der Waals surface area contributed by atoms with Gasteiger partial charge in [-0.3, -0.25) is 13.9 Å². The highest BCUT2D eigenvalue weighted by atomic mass is 16.5. The van der Waals surface area contributed by atoms with E-state index in [2.05, 4.69) is 5.32 Å². The summed E-state index contributed by atoms with van der Waals surface area (Å²) in [5.41, 5.74) is 0.166. The van der Waals surface area contributed by atoms with Crippen molar-refractivity contribution in [3.05, 3.63) is 32.6 Å². The Morgan fingerprint density at radius 2 is 2.00 bits per heavy atom.